The van der Waals surface area contributed by atoms with Crippen LogP contribution < -0.4 is 10.1 Å². The molecule has 0 radical (unpaired) electrons. The summed E-state index contributed by atoms with van der Waals surface area (Å²) in [6.45, 7) is 10.3. The molecule has 32 heavy (non-hydrogen) atoms. The number of benzene rings is 2. The minimum Gasteiger partial charge on any atom is -0.483 e. The summed E-state index contributed by atoms with van der Waals surface area (Å²) < 4.78 is 6.57. The Morgan fingerprint density at radius 1 is 1.16 bits per heavy atom. The van der Waals surface area contributed by atoms with Crippen LogP contribution in [0.25, 0.3) is 0 Å². The number of carbonyl (C=O) groups excluding carboxylic acids is 2. The molecule has 0 saturated heterocycles. The molecule has 0 bridgehead atoms. The van der Waals surface area contributed by atoms with E-state index in [1.54, 1.807) is 25.1 Å². The molecule has 0 aliphatic heterocycles. The molecular formula is C24H29BrCl2N2O3. The molecule has 5 nitrogen and oxygen atoms in total. The molecule has 0 aromatic heterocycles. The second-order valence-corrected chi connectivity index (χ2v) is 10.2. The van der Waals surface area contributed by atoms with E-state index in [0.29, 0.717) is 27.9 Å². The standard InChI is InChI=1S/C24H29BrCl2N2O3/c1-6-28-23(31)15(2)29(13-16-7-9-18(26)12-20(16)27)22(30)14-32-21-10-8-17(11-19(21)25)24(3,4)5/h7-12,15H,6,13-14H2,1-5H3,(H,28,31). The number of rotatable bonds is 8. The van der Waals surface area contributed by atoms with Crippen LogP contribution >= 0.6 is 39.1 Å². The predicted octanol–water partition coefficient (Wildman–Crippen LogP) is 5.99. The Morgan fingerprint density at radius 2 is 1.84 bits per heavy atom. The van der Waals surface area contributed by atoms with Crippen molar-refractivity contribution < 1.29 is 14.3 Å². The van der Waals surface area contributed by atoms with Crippen LogP contribution in [0.3, 0.4) is 0 Å². The molecule has 1 N–H and O–H groups in total. The Hall–Kier alpha value is -1.76. The van der Waals surface area contributed by atoms with Gasteiger partial charge in [-0.2, -0.15) is 0 Å². The van der Waals surface area contributed by atoms with Gasteiger partial charge >= 0.3 is 0 Å². The first-order chi connectivity index (χ1) is 14.9. The van der Waals surface area contributed by atoms with E-state index in [1.807, 2.05) is 25.1 Å². The van der Waals surface area contributed by atoms with Gasteiger partial charge < -0.3 is 15.0 Å². The lowest BCUT2D eigenvalue weighted by Crippen LogP contribution is -2.49. The zero-order chi connectivity index (χ0) is 24.1. The molecular weight excluding hydrogens is 515 g/mol. The van der Waals surface area contributed by atoms with E-state index >= 15 is 0 Å². The highest BCUT2D eigenvalue weighted by atomic mass is 79.9. The number of hydrogen-bond donors (Lipinski definition) is 1. The third-order valence-electron chi connectivity index (χ3n) is 5.02. The summed E-state index contributed by atoms with van der Waals surface area (Å²) in [5, 5.41) is 3.69. The first-order valence-electron chi connectivity index (χ1n) is 10.4. The van der Waals surface area contributed by atoms with Crippen molar-refractivity contribution in [3.8, 4) is 5.75 Å². The number of nitrogens with zero attached hydrogens (tertiary/aromatic N) is 1. The quantitative estimate of drug-likeness (QED) is 0.445. The summed E-state index contributed by atoms with van der Waals surface area (Å²) in [6.07, 6.45) is 0. The minimum absolute atomic E-state index is 0.00636. The second-order valence-electron chi connectivity index (χ2n) is 8.51. The van der Waals surface area contributed by atoms with E-state index < -0.39 is 6.04 Å². The van der Waals surface area contributed by atoms with Crippen molar-refractivity contribution in [1.29, 1.82) is 0 Å². The maximum Gasteiger partial charge on any atom is 0.261 e. The Bertz CT molecular complexity index is 976. The van der Waals surface area contributed by atoms with E-state index in [2.05, 4.69) is 42.0 Å². The van der Waals surface area contributed by atoms with Gasteiger partial charge in [0.15, 0.2) is 6.61 Å². The summed E-state index contributed by atoms with van der Waals surface area (Å²) in [5.74, 6) is -0.0234. The van der Waals surface area contributed by atoms with Crippen LogP contribution in [-0.2, 0) is 21.5 Å². The Balaban J connectivity index is 2.21. The van der Waals surface area contributed by atoms with Crippen molar-refractivity contribution in [3.05, 3.63) is 62.0 Å². The molecule has 8 heteroatoms. The van der Waals surface area contributed by atoms with Gasteiger partial charge in [-0.1, -0.05) is 56.1 Å². The molecule has 0 heterocycles. The van der Waals surface area contributed by atoms with Gasteiger partial charge in [-0.25, -0.2) is 0 Å². The van der Waals surface area contributed by atoms with Crippen LogP contribution in [0.15, 0.2) is 40.9 Å². The van der Waals surface area contributed by atoms with Crippen LogP contribution in [0.5, 0.6) is 5.75 Å². The molecule has 2 aromatic rings. The first-order valence-corrected chi connectivity index (χ1v) is 11.9. The molecule has 0 aliphatic rings. The first kappa shape index (κ1) is 26.5. The van der Waals surface area contributed by atoms with Crippen LogP contribution in [-0.4, -0.2) is 35.9 Å². The van der Waals surface area contributed by atoms with E-state index in [1.165, 1.54) is 4.90 Å². The number of carbonyl (C=O) groups is 2. The average molecular weight is 544 g/mol. The molecule has 2 amide bonds. The topological polar surface area (TPSA) is 58.6 Å². The largest absolute Gasteiger partial charge is 0.483 e. The number of hydrogen-bond acceptors (Lipinski definition) is 3. The highest BCUT2D eigenvalue weighted by Gasteiger charge is 2.27. The second kappa shape index (κ2) is 11.4. The fourth-order valence-corrected chi connectivity index (χ4v) is 4.01. The van der Waals surface area contributed by atoms with Gasteiger partial charge in [-0.3, -0.25) is 9.59 Å². The van der Waals surface area contributed by atoms with Crippen LogP contribution in [0.4, 0.5) is 0 Å². The summed E-state index contributed by atoms with van der Waals surface area (Å²) in [4.78, 5) is 27.0. The summed E-state index contributed by atoms with van der Waals surface area (Å²) in [5.41, 5.74) is 1.83. The molecule has 0 aliphatic carbocycles. The monoisotopic (exact) mass is 542 g/mol. The van der Waals surface area contributed by atoms with Gasteiger partial charge in [0.2, 0.25) is 5.91 Å². The average Bonchev–Trinajstić information content (AvgIpc) is 2.71. The molecule has 2 rings (SSSR count). The van der Waals surface area contributed by atoms with Crippen molar-refractivity contribution in [2.24, 2.45) is 0 Å². The van der Waals surface area contributed by atoms with Gasteiger partial charge in [0.1, 0.15) is 11.8 Å². The molecule has 2 aromatic carbocycles. The fraction of sp³-hybridized carbons (Fsp3) is 0.417. The third-order valence-corrected chi connectivity index (χ3v) is 6.23. The van der Waals surface area contributed by atoms with Gasteiger partial charge in [0.05, 0.1) is 4.47 Å². The number of halogens is 3. The third kappa shape index (κ3) is 7.12. The van der Waals surface area contributed by atoms with E-state index in [0.717, 1.165) is 10.0 Å². The molecule has 0 fully saturated rings. The maximum atomic E-state index is 13.1. The fourth-order valence-electron chi connectivity index (χ4n) is 3.04. The highest BCUT2D eigenvalue weighted by Crippen LogP contribution is 2.31. The zero-order valence-corrected chi connectivity index (χ0v) is 22.1. The highest BCUT2D eigenvalue weighted by molar-refractivity contribution is 9.10. The van der Waals surface area contributed by atoms with Gasteiger partial charge in [0.25, 0.3) is 5.91 Å². The zero-order valence-electron chi connectivity index (χ0n) is 19.0. The van der Waals surface area contributed by atoms with E-state index in [9.17, 15) is 9.59 Å². The van der Waals surface area contributed by atoms with Gasteiger partial charge in [-0.05, 0) is 70.6 Å². The maximum absolute atomic E-state index is 13.1. The normalized spacial score (nSPS) is 12.2. The van der Waals surface area contributed by atoms with Gasteiger partial charge in [0, 0.05) is 23.1 Å². The van der Waals surface area contributed by atoms with Crippen molar-refractivity contribution >= 4 is 50.9 Å². The Kier molecular flexibility index (Phi) is 9.43. The van der Waals surface area contributed by atoms with Crippen LogP contribution in [0.2, 0.25) is 10.0 Å². The molecule has 1 unspecified atom stereocenters. The summed E-state index contributed by atoms with van der Waals surface area (Å²) in [7, 11) is 0. The van der Waals surface area contributed by atoms with Crippen molar-refractivity contribution in [1.82, 2.24) is 10.2 Å². The van der Waals surface area contributed by atoms with Crippen LogP contribution in [0.1, 0.15) is 45.7 Å². The van der Waals surface area contributed by atoms with Crippen molar-refractivity contribution in [2.75, 3.05) is 13.2 Å². The molecule has 1 atom stereocenters. The smallest absolute Gasteiger partial charge is 0.261 e. The lowest BCUT2D eigenvalue weighted by molar-refractivity contribution is -0.142. The molecule has 0 spiro atoms. The number of amides is 2. The van der Waals surface area contributed by atoms with Crippen molar-refractivity contribution in [3.63, 3.8) is 0 Å². The molecule has 0 saturated carbocycles. The number of likely N-dealkylation sites (N-methyl/N-ethyl adjacent to an activating group) is 1. The SMILES string of the molecule is CCNC(=O)C(C)N(Cc1ccc(Cl)cc1Cl)C(=O)COc1ccc(C(C)(C)C)cc1Br. The van der Waals surface area contributed by atoms with E-state index in [-0.39, 0.29) is 30.4 Å². The number of nitrogens with one attached hydrogen (secondary N) is 1. The lowest BCUT2D eigenvalue weighted by atomic mass is 9.87. The Labute approximate surface area is 208 Å². The van der Waals surface area contributed by atoms with Crippen LogP contribution in [0, 0.1) is 0 Å². The Morgan fingerprint density at radius 3 is 2.41 bits per heavy atom. The van der Waals surface area contributed by atoms with Crippen molar-refractivity contribution in [2.45, 2.75) is 52.6 Å². The van der Waals surface area contributed by atoms with E-state index in [4.69, 9.17) is 27.9 Å². The summed E-state index contributed by atoms with van der Waals surface area (Å²) in [6, 6.07) is 10.2. The van der Waals surface area contributed by atoms with Gasteiger partial charge in [-0.15, -0.1) is 0 Å². The number of ether oxygens (including phenoxy) is 1. The predicted molar refractivity (Wildman–Crippen MR) is 133 cm³/mol. The lowest BCUT2D eigenvalue weighted by Gasteiger charge is -2.29. The minimum atomic E-state index is -0.704. The summed E-state index contributed by atoms with van der Waals surface area (Å²) >= 11 is 15.8. The molecule has 174 valence electrons.